The van der Waals surface area contributed by atoms with Gasteiger partial charge in [0, 0.05) is 24.2 Å². The van der Waals surface area contributed by atoms with Gasteiger partial charge in [-0.1, -0.05) is 24.6 Å². The Morgan fingerprint density at radius 2 is 2.00 bits per heavy atom. The number of hydrogen-bond donors (Lipinski definition) is 2. The fourth-order valence-corrected chi connectivity index (χ4v) is 2.83. The molecule has 0 saturated carbocycles. The Hall–Kier alpha value is -1.35. The zero-order valence-corrected chi connectivity index (χ0v) is 11.3. The molecule has 2 unspecified atom stereocenters. The van der Waals surface area contributed by atoms with Crippen molar-refractivity contribution >= 4 is 5.84 Å². The van der Waals surface area contributed by atoms with E-state index < -0.39 is 0 Å². The fraction of sp³-hybridized carbons (Fsp3) is 0.533. The van der Waals surface area contributed by atoms with Crippen LogP contribution in [0.1, 0.15) is 44.2 Å². The minimum absolute atomic E-state index is 0.150. The molecular weight excluding hydrogens is 222 g/mol. The van der Waals surface area contributed by atoms with Crippen LogP contribution in [0.2, 0.25) is 0 Å². The van der Waals surface area contributed by atoms with E-state index in [1.54, 1.807) is 0 Å². The molecule has 2 rings (SSSR count). The van der Waals surface area contributed by atoms with E-state index >= 15 is 0 Å². The molecule has 98 valence electrons. The first-order chi connectivity index (χ1) is 8.58. The van der Waals surface area contributed by atoms with Crippen LogP contribution in [-0.2, 0) is 6.54 Å². The van der Waals surface area contributed by atoms with Gasteiger partial charge in [-0.25, -0.2) is 0 Å². The third-order valence-corrected chi connectivity index (χ3v) is 3.98. The Kier molecular flexibility index (Phi) is 4.02. The maximum atomic E-state index is 7.50. The van der Waals surface area contributed by atoms with Gasteiger partial charge < -0.3 is 5.73 Å². The average Bonchev–Trinajstić information content (AvgIpc) is 2.34. The lowest BCUT2D eigenvalue weighted by Crippen LogP contribution is -2.42. The number of nitrogens with one attached hydrogen (secondary N) is 1. The van der Waals surface area contributed by atoms with Crippen molar-refractivity contribution in [1.82, 2.24) is 4.90 Å². The lowest BCUT2D eigenvalue weighted by molar-refractivity contribution is 0.0953. The molecule has 0 spiro atoms. The second-order valence-corrected chi connectivity index (χ2v) is 5.42. The Morgan fingerprint density at radius 3 is 2.61 bits per heavy atom. The molecule has 2 atom stereocenters. The smallest absolute Gasteiger partial charge is 0.122 e. The second kappa shape index (κ2) is 5.53. The Balaban J connectivity index is 2.12. The fourth-order valence-electron chi connectivity index (χ4n) is 2.83. The molecule has 1 fully saturated rings. The highest BCUT2D eigenvalue weighted by atomic mass is 15.2. The van der Waals surface area contributed by atoms with Gasteiger partial charge in [0.2, 0.25) is 0 Å². The van der Waals surface area contributed by atoms with Gasteiger partial charge in [-0.05, 0) is 38.3 Å². The van der Waals surface area contributed by atoms with Crippen molar-refractivity contribution in [3.8, 4) is 0 Å². The molecule has 1 aromatic carbocycles. The highest BCUT2D eigenvalue weighted by Gasteiger charge is 2.24. The van der Waals surface area contributed by atoms with E-state index in [-0.39, 0.29) is 5.84 Å². The Morgan fingerprint density at radius 1 is 1.33 bits per heavy atom. The van der Waals surface area contributed by atoms with Gasteiger partial charge in [0.25, 0.3) is 0 Å². The molecule has 18 heavy (non-hydrogen) atoms. The summed E-state index contributed by atoms with van der Waals surface area (Å²) in [6.45, 7) is 5.58. The highest BCUT2D eigenvalue weighted by molar-refractivity contribution is 5.95. The molecule has 3 heteroatoms. The van der Waals surface area contributed by atoms with Crippen molar-refractivity contribution in [1.29, 1.82) is 5.41 Å². The summed E-state index contributed by atoms with van der Waals surface area (Å²) in [5, 5.41) is 7.50. The van der Waals surface area contributed by atoms with Crippen molar-refractivity contribution in [3.05, 3.63) is 35.4 Å². The molecule has 1 aliphatic rings. The van der Waals surface area contributed by atoms with E-state index in [4.69, 9.17) is 11.1 Å². The molecule has 1 aliphatic heterocycles. The van der Waals surface area contributed by atoms with Gasteiger partial charge in [-0.3, -0.25) is 10.3 Å². The van der Waals surface area contributed by atoms with Crippen LogP contribution in [0.5, 0.6) is 0 Å². The van der Waals surface area contributed by atoms with Gasteiger partial charge in [0.05, 0.1) is 0 Å². The molecule has 1 saturated heterocycles. The summed E-state index contributed by atoms with van der Waals surface area (Å²) in [6, 6.07) is 9.35. The normalized spacial score (nSPS) is 25.0. The third kappa shape index (κ3) is 2.91. The van der Waals surface area contributed by atoms with Crippen molar-refractivity contribution < 1.29 is 0 Å². The average molecular weight is 245 g/mol. The number of nitrogen functional groups attached to an aromatic ring is 1. The van der Waals surface area contributed by atoms with Crippen LogP contribution in [0.15, 0.2) is 24.3 Å². The molecule has 1 heterocycles. The van der Waals surface area contributed by atoms with Crippen molar-refractivity contribution in [2.75, 3.05) is 0 Å². The summed E-state index contributed by atoms with van der Waals surface area (Å²) in [5.41, 5.74) is 7.62. The van der Waals surface area contributed by atoms with E-state index in [2.05, 4.69) is 24.8 Å². The summed E-state index contributed by atoms with van der Waals surface area (Å²) in [6.07, 6.45) is 3.92. The van der Waals surface area contributed by atoms with Crippen molar-refractivity contribution in [2.45, 2.75) is 51.7 Å². The van der Waals surface area contributed by atoms with Gasteiger partial charge in [-0.2, -0.15) is 0 Å². The molecule has 0 aliphatic carbocycles. The molecular formula is C15H23N3. The number of nitrogens with zero attached hydrogens (tertiary/aromatic N) is 1. The van der Waals surface area contributed by atoms with Gasteiger partial charge in [0.1, 0.15) is 5.84 Å². The summed E-state index contributed by atoms with van der Waals surface area (Å²) >= 11 is 0. The summed E-state index contributed by atoms with van der Waals surface area (Å²) < 4.78 is 0. The van der Waals surface area contributed by atoms with Crippen molar-refractivity contribution in [2.24, 2.45) is 5.73 Å². The SMILES string of the molecule is CC1CCCC(C)N1Cc1cccc(C(=N)N)c1. The molecule has 0 amide bonds. The molecule has 0 bridgehead atoms. The molecule has 3 N–H and O–H groups in total. The first-order valence-corrected chi connectivity index (χ1v) is 6.77. The van der Waals surface area contributed by atoms with Gasteiger partial charge in [0.15, 0.2) is 0 Å². The summed E-state index contributed by atoms with van der Waals surface area (Å²) in [4.78, 5) is 2.56. The molecule has 1 aromatic rings. The number of nitrogens with two attached hydrogens (primary N) is 1. The quantitative estimate of drug-likeness (QED) is 0.635. The maximum Gasteiger partial charge on any atom is 0.122 e. The predicted molar refractivity (Wildman–Crippen MR) is 75.8 cm³/mol. The minimum atomic E-state index is 0.150. The topological polar surface area (TPSA) is 53.1 Å². The van der Waals surface area contributed by atoms with Crippen LogP contribution in [0.25, 0.3) is 0 Å². The van der Waals surface area contributed by atoms with Crippen LogP contribution >= 0.6 is 0 Å². The van der Waals surface area contributed by atoms with Gasteiger partial charge in [-0.15, -0.1) is 0 Å². The Labute approximate surface area is 109 Å². The number of piperidine rings is 1. The largest absolute Gasteiger partial charge is 0.384 e. The number of rotatable bonds is 3. The van der Waals surface area contributed by atoms with E-state index in [9.17, 15) is 0 Å². The zero-order chi connectivity index (χ0) is 13.1. The number of benzene rings is 1. The third-order valence-electron chi connectivity index (χ3n) is 3.98. The van der Waals surface area contributed by atoms with Crippen molar-refractivity contribution in [3.63, 3.8) is 0 Å². The lowest BCUT2D eigenvalue weighted by Gasteiger charge is -2.39. The maximum absolute atomic E-state index is 7.50. The molecule has 3 nitrogen and oxygen atoms in total. The standard InChI is InChI=1S/C15H23N3/c1-11-5-3-6-12(2)18(11)10-13-7-4-8-14(9-13)15(16)17/h4,7-9,11-12H,3,5-6,10H2,1-2H3,(H3,16,17). The summed E-state index contributed by atoms with van der Waals surface area (Å²) in [5.74, 6) is 0.150. The van der Waals surface area contributed by atoms with Crippen LogP contribution < -0.4 is 5.73 Å². The number of amidine groups is 1. The number of hydrogen-bond acceptors (Lipinski definition) is 2. The summed E-state index contributed by atoms with van der Waals surface area (Å²) in [7, 11) is 0. The second-order valence-electron chi connectivity index (χ2n) is 5.42. The molecule has 0 aromatic heterocycles. The van der Waals surface area contributed by atoms with Crippen LogP contribution in [0, 0.1) is 5.41 Å². The predicted octanol–water partition coefficient (Wildman–Crippen LogP) is 2.73. The number of likely N-dealkylation sites (tertiary alicyclic amines) is 1. The Bertz CT molecular complexity index is 418. The van der Waals surface area contributed by atoms with Crippen LogP contribution in [0.3, 0.4) is 0 Å². The highest BCUT2D eigenvalue weighted by Crippen LogP contribution is 2.24. The first-order valence-electron chi connectivity index (χ1n) is 6.77. The lowest BCUT2D eigenvalue weighted by atomic mass is 9.96. The monoisotopic (exact) mass is 245 g/mol. The minimum Gasteiger partial charge on any atom is -0.384 e. The van der Waals surface area contributed by atoms with E-state index in [0.717, 1.165) is 12.1 Å². The zero-order valence-electron chi connectivity index (χ0n) is 11.3. The van der Waals surface area contributed by atoms with E-state index in [0.29, 0.717) is 12.1 Å². The van der Waals surface area contributed by atoms with Gasteiger partial charge >= 0.3 is 0 Å². The molecule has 0 radical (unpaired) electrons. The van der Waals surface area contributed by atoms with E-state index in [1.165, 1.54) is 24.8 Å². The first kappa shape index (κ1) is 13.1. The van der Waals surface area contributed by atoms with Crippen LogP contribution in [0.4, 0.5) is 0 Å². The van der Waals surface area contributed by atoms with E-state index in [1.807, 2.05) is 18.2 Å². The van der Waals surface area contributed by atoms with Crippen LogP contribution in [-0.4, -0.2) is 22.8 Å².